The fourth-order valence-corrected chi connectivity index (χ4v) is 1.91. The summed E-state index contributed by atoms with van der Waals surface area (Å²) in [5.74, 6) is -0.840. The number of hydrogen-bond acceptors (Lipinski definition) is 2. The van der Waals surface area contributed by atoms with Gasteiger partial charge in [-0.2, -0.15) is 0 Å². The number of hydrogen-bond donors (Lipinski definition) is 1. The van der Waals surface area contributed by atoms with Gasteiger partial charge in [0, 0.05) is 11.6 Å². The van der Waals surface area contributed by atoms with Gasteiger partial charge in [-0.15, -0.1) is 0 Å². The zero-order chi connectivity index (χ0) is 12.3. The van der Waals surface area contributed by atoms with Crippen LogP contribution < -0.4 is 5.32 Å². The van der Waals surface area contributed by atoms with Crippen molar-refractivity contribution in [2.45, 2.75) is 25.4 Å². The summed E-state index contributed by atoms with van der Waals surface area (Å²) in [7, 11) is 0. The summed E-state index contributed by atoms with van der Waals surface area (Å²) >= 11 is 5.62. The zero-order valence-corrected chi connectivity index (χ0v) is 9.97. The number of nitrogens with one attached hydrogen (secondary N) is 1. The topological polar surface area (TPSA) is 38.3 Å². The lowest BCUT2D eigenvalue weighted by Gasteiger charge is -2.21. The van der Waals surface area contributed by atoms with Gasteiger partial charge in [0.1, 0.15) is 11.9 Å². The van der Waals surface area contributed by atoms with Crippen LogP contribution in [0.4, 0.5) is 10.1 Å². The minimum absolute atomic E-state index is 0.133. The third-order valence-corrected chi connectivity index (χ3v) is 2.90. The predicted molar refractivity (Wildman–Crippen MR) is 63.6 cm³/mol. The minimum atomic E-state index is -0.540. The van der Waals surface area contributed by atoms with Gasteiger partial charge in [0.05, 0.1) is 5.69 Å². The Bertz CT molecular complexity index is 419. The Morgan fingerprint density at radius 3 is 2.94 bits per heavy atom. The maximum Gasteiger partial charge on any atom is 0.253 e. The van der Waals surface area contributed by atoms with Crippen molar-refractivity contribution in [2.24, 2.45) is 0 Å². The van der Waals surface area contributed by atoms with Crippen LogP contribution in [0.15, 0.2) is 18.2 Å². The first-order valence-corrected chi connectivity index (χ1v) is 5.92. The molecule has 92 valence electrons. The van der Waals surface area contributed by atoms with Gasteiger partial charge >= 0.3 is 0 Å². The first kappa shape index (κ1) is 12.3. The quantitative estimate of drug-likeness (QED) is 0.885. The Morgan fingerprint density at radius 1 is 1.47 bits per heavy atom. The predicted octanol–water partition coefficient (Wildman–Crippen LogP) is 2.99. The van der Waals surface area contributed by atoms with E-state index in [0.29, 0.717) is 18.1 Å². The molecule has 1 amide bonds. The van der Waals surface area contributed by atoms with E-state index in [0.717, 1.165) is 12.8 Å². The van der Waals surface area contributed by atoms with E-state index < -0.39 is 11.9 Å². The maximum atomic E-state index is 13.4. The molecule has 1 saturated heterocycles. The highest BCUT2D eigenvalue weighted by molar-refractivity contribution is 6.30. The van der Waals surface area contributed by atoms with Crippen molar-refractivity contribution in [1.29, 1.82) is 0 Å². The van der Waals surface area contributed by atoms with Crippen LogP contribution in [0.5, 0.6) is 0 Å². The lowest BCUT2D eigenvalue weighted by atomic mass is 10.1. The van der Waals surface area contributed by atoms with Crippen LogP contribution in [0.25, 0.3) is 0 Å². The van der Waals surface area contributed by atoms with Crippen LogP contribution in [0.3, 0.4) is 0 Å². The molecule has 1 N–H and O–H groups in total. The number of ether oxygens (including phenoxy) is 1. The highest BCUT2D eigenvalue weighted by Gasteiger charge is 2.22. The largest absolute Gasteiger partial charge is 0.368 e. The van der Waals surface area contributed by atoms with Crippen LogP contribution in [0.2, 0.25) is 5.02 Å². The smallest absolute Gasteiger partial charge is 0.253 e. The van der Waals surface area contributed by atoms with Gasteiger partial charge in [-0.05, 0) is 37.5 Å². The first-order valence-electron chi connectivity index (χ1n) is 5.54. The van der Waals surface area contributed by atoms with E-state index in [2.05, 4.69) is 5.32 Å². The zero-order valence-electron chi connectivity index (χ0n) is 9.21. The fourth-order valence-electron chi connectivity index (χ4n) is 1.75. The fraction of sp³-hybridized carbons (Fsp3) is 0.417. The minimum Gasteiger partial charge on any atom is -0.368 e. The molecule has 1 heterocycles. The van der Waals surface area contributed by atoms with Crippen LogP contribution in [-0.2, 0) is 9.53 Å². The molecule has 0 spiro atoms. The molecule has 17 heavy (non-hydrogen) atoms. The van der Waals surface area contributed by atoms with Gasteiger partial charge in [0.15, 0.2) is 0 Å². The number of benzene rings is 1. The molecule has 1 aliphatic rings. The molecule has 1 aliphatic heterocycles. The standard InChI is InChI=1S/C12H13ClFNO2/c13-8-4-5-10(9(14)7-8)15-12(16)11-3-1-2-6-17-11/h4-5,7,11H,1-3,6H2,(H,15,16). The molecule has 5 heteroatoms. The van der Waals surface area contributed by atoms with E-state index in [1.165, 1.54) is 18.2 Å². The summed E-state index contributed by atoms with van der Waals surface area (Å²) in [6, 6.07) is 4.14. The number of carbonyl (C=O) groups excluding carboxylic acids is 1. The van der Waals surface area contributed by atoms with Crippen molar-refractivity contribution in [3.8, 4) is 0 Å². The number of halogens is 2. The van der Waals surface area contributed by atoms with Gasteiger partial charge < -0.3 is 10.1 Å². The number of carbonyl (C=O) groups is 1. The van der Waals surface area contributed by atoms with Crippen molar-refractivity contribution < 1.29 is 13.9 Å². The van der Waals surface area contributed by atoms with Crippen molar-refractivity contribution in [1.82, 2.24) is 0 Å². The molecule has 1 fully saturated rings. The van der Waals surface area contributed by atoms with E-state index >= 15 is 0 Å². The van der Waals surface area contributed by atoms with E-state index in [9.17, 15) is 9.18 Å². The molecular formula is C12H13ClFNO2. The summed E-state index contributed by atoms with van der Waals surface area (Å²) in [5, 5.41) is 2.81. The van der Waals surface area contributed by atoms with E-state index in [-0.39, 0.29) is 11.6 Å². The van der Waals surface area contributed by atoms with Crippen molar-refractivity contribution in [2.75, 3.05) is 11.9 Å². The molecule has 1 aromatic carbocycles. The molecule has 0 aromatic heterocycles. The average Bonchev–Trinajstić information content (AvgIpc) is 2.34. The van der Waals surface area contributed by atoms with Gasteiger partial charge in [-0.25, -0.2) is 4.39 Å². The summed E-state index contributed by atoms with van der Waals surface area (Å²) in [6.07, 6.45) is 2.14. The van der Waals surface area contributed by atoms with Crippen LogP contribution in [0, 0.1) is 5.82 Å². The molecule has 0 aliphatic carbocycles. The highest BCUT2D eigenvalue weighted by Crippen LogP contribution is 2.20. The molecule has 3 nitrogen and oxygen atoms in total. The molecule has 1 aromatic rings. The summed E-state index contributed by atoms with van der Waals surface area (Å²) in [4.78, 5) is 11.8. The molecule has 0 bridgehead atoms. The number of anilines is 1. The molecule has 2 rings (SSSR count). The maximum absolute atomic E-state index is 13.4. The van der Waals surface area contributed by atoms with Gasteiger partial charge in [-0.1, -0.05) is 11.6 Å². The molecule has 0 saturated carbocycles. The van der Waals surface area contributed by atoms with Gasteiger partial charge in [0.2, 0.25) is 0 Å². The van der Waals surface area contributed by atoms with Gasteiger partial charge in [-0.3, -0.25) is 4.79 Å². The number of amides is 1. The summed E-state index contributed by atoms with van der Waals surface area (Å²) in [5.41, 5.74) is 0.133. The SMILES string of the molecule is O=C(Nc1ccc(Cl)cc1F)C1CCCCO1. The Hall–Kier alpha value is -1.13. The second kappa shape index (κ2) is 5.47. The Labute approximate surface area is 104 Å². The molecule has 1 atom stereocenters. The highest BCUT2D eigenvalue weighted by atomic mass is 35.5. The lowest BCUT2D eigenvalue weighted by molar-refractivity contribution is -0.130. The Balaban J connectivity index is 2.02. The van der Waals surface area contributed by atoms with E-state index in [4.69, 9.17) is 16.3 Å². The molecule has 1 unspecified atom stereocenters. The normalized spacial score (nSPS) is 20.0. The van der Waals surface area contributed by atoms with E-state index in [1.807, 2.05) is 0 Å². The molecular weight excluding hydrogens is 245 g/mol. The van der Waals surface area contributed by atoms with Crippen LogP contribution >= 0.6 is 11.6 Å². The second-order valence-electron chi connectivity index (χ2n) is 3.97. The lowest BCUT2D eigenvalue weighted by Crippen LogP contribution is -2.33. The molecule has 0 radical (unpaired) electrons. The second-order valence-corrected chi connectivity index (χ2v) is 4.41. The summed E-state index contributed by atoms with van der Waals surface area (Å²) in [6.45, 7) is 0.585. The Kier molecular flexibility index (Phi) is 3.97. The van der Waals surface area contributed by atoms with Crippen LogP contribution in [-0.4, -0.2) is 18.6 Å². The third kappa shape index (κ3) is 3.17. The first-order chi connectivity index (χ1) is 8.16. The van der Waals surface area contributed by atoms with Gasteiger partial charge in [0.25, 0.3) is 5.91 Å². The Morgan fingerprint density at radius 2 is 2.29 bits per heavy atom. The van der Waals surface area contributed by atoms with Crippen molar-refractivity contribution >= 4 is 23.2 Å². The monoisotopic (exact) mass is 257 g/mol. The van der Waals surface area contributed by atoms with E-state index in [1.54, 1.807) is 0 Å². The third-order valence-electron chi connectivity index (χ3n) is 2.66. The average molecular weight is 258 g/mol. The number of rotatable bonds is 2. The van der Waals surface area contributed by atoms with Crippen molar-refractivity contribution in [3.05, 3.63) is 29.0 Å². The summed E-state index contributed by atoms with van der Waals surface area (Å²) < 4.78 is 18.8. The van der Waals surface area contributed by atoms with Crippen LogP contribution in [0.1, 0.15) is 19.3 Å². The van der Waals surface area contributed by atoms with Crippen molar-refractivity contribution in [3.63, 3.8) is 0 Å².